The molecule has 2 rings (SSSR count). The normalized spacial score (nSPS) is 35.9. The van der Waals surface area contributed by atoms with Gasteiger partial charge in [0.05, 0.1) is 0 Å². The Hall–Kier alpha value is -0.400. The molecule has 0 radical (unpaired) electrons. The smallest absolute Gasteiger partial charge is 0.174 e. The van der Waals surface area contributed by atoms with E-state index in [1.165, 1.54) is 57.8 Å². The summed E-state index contributed by atoms with van der Waals surface area (Å²) in [6.07, 6.45) is 12.2. The molecule has 0 heterocycles. The minimum Gasteiger partial charge on any atom is -0.174 e. The minimum absolute atomic E-state index is 0.518. The Balaban J connectivity index is 1.70. The first-order valence-corrected chi connectivity index (χ1v) is 8.20. The monoisotopic (exact) mass is 270 g/mol. The molecule has 0 bridgehead atoms. The van der Waals surface area contributed by atoms with E-state index in [0.717, 1.165) is 23.8 Å². The van der Waals surface area contributed by atoms with E-state index < -0.39 is 6.08 Å². The third-order valence-corrected chi connectivity index (χ3v) is 5.63. The Kier molecular flexibility index (Phi) is 5.84. The van der Waals surface area contributed by atoms with Crippen molar-refractivity contribution in [1.29, 1.82) is 0 Å². The van der Waals surface area contributed by atoms with Crippen molar-refractivity contribution in [2.75, 3.05) is 0 Å². The lowest BCUT2D eigenvalue weighted by atomic mass is 9.68. The van der Waals surface area contributed by atoms with Crippen molar-refractivity contribution < 1.29 is 8.78 Å². The standard InChI is InChI=1S/C17H28F2/c1-2-13-3-8-15(9-4-13)16-10-5-14(6-11-16)7-12-17(18)19/h12-16H,2-11H2,1H3/t13-,14?,15-,16?. The van der Waals surface area contributed by atoms with Gasteiger partial charge in [0.2, 0.25) is 0 Å². The van der Waals surface area contributed by atoms with Crippen LogP contribution >= 0.6 is 0 Å². The first-order valence-electron chi connectivity index (χ1n) is 8.20. The van der Waals surface area contributed by atoms with Crippen LogP contribution in [0.15, 0.2) is 12.2 Å². The lowest BCUT2D eigenvalue weighted by Gasteiger charge is -2.37. The van der Waals surface area contributed by atoms with Crippen LogP contribution in [0.1, 0.15) is 71.1 Å². The van der Waals surface area contributed by atoms with Gasteiger partial charge in [-0.1, -0.05) is 26.2 Å². The van der Waals surface area contributed by atoms with Crippen LogP contribution in [0.3, 0.4) is 0 Å². The second-order valence-corrected chi connectivity index (χ2v) is 6.70. The summed E-state index contributed by atoms with van der Waals surface area (Å²) in [6.45, 7) is 2.31. The molecule has 110 valence electrons. The maximum absolute atomic E-state index is 12.1. The van der Waals surface area contributed by atoms with E-state index in [9.17, 15) is 8.78 Å². The first-order chi connectivity index (χ1) is 9.19. The van der Waals surface area contributed by atoms with Crippen molar-refractivity contribution >= 4 is 0 Å². The van der Waals surface area contributed by atoms with E-state index in [-0.39, 0.29) is 0 Å². The van der Waals surface area contributed by atoms with Crippen LogP contribution in [0.2, 0.25) is 0 Å². The van der Waals surface area contributed by atoms with Crippen LogP contribution < -0.4 is 0 Å². The highest BCUT2D eigenvalue weighted by molar-refractivity contribution is 4.87. The summed E-state index contributed by atoms with van der Waals surface area (Å²) in [5, 5.41) is 0. The molecule has 0 aromatic rings. The highest BCUT2D eigenvalue weighted by Gasteiger charge is 2.30. The van der Waals surface area contributed by atoms with E-state index in [1.54, 1.807) is 0 Å². The SMILES string of the molecule is CC[C@H]1CC[C@H](C2CCC(CC=C(F)F)CC2)CC1. The largest absolute Gasteiger partial charge is 0.266 e. The van der Waals surface area contributed by atoms with Crippen molar-refractivity contribution in [2.24, 2.45) is 23.7 Å². The molecule has 2 fully saturated rings. The summed E-state index contributed by atoms with van der Waals surface area (Å²) >= 11 is 0. The van der Waals surface area contributed by atoms with Gasteiger partial charge in [0.1, 0.15) is 0 Å². The third-order valence-electron chi connectivity index (χ3n) is 5.63. The summed E-state index contributed by atoms with van der Waals surface area (Å²) in [4.78, 5) is 0. The number of allylic oxidation sites excluding steroid dienone is 1. The molecular formula is C17H28F2. The third kappa shape index (κ3) is 4.57. The molecule has 0 spiro atoms. The van der Waals surface area contributed by atoms with E-state index in [4.69, 9.17) is 0 Å². The van der Waals surface area contributed by atoms with Crippen LogP contribution in [0, 0.1) is 23.7 Å². The topological polar surface area (TPSA) is 0 Å². The predicted octanol–water partition coefficient (Wildman–Crippen LogP) is 6.18. The van der Waals surface area contributed by atoms with E-state index in [1.807, 2.05) is 0 Å². The van der Waals surface area contributed by atoms with Crippen molar-refractivity contribution in [3.63, 3.8) is 0 Å². The summed E-state index contributed by atoms with van der Waals surface area (Å²) < 4.78 is 24.2. The molecule has 19 heavy (non-hydrogen) atoms. The van der Waals surface area contributed by atoms with Crippen molar-refractivity contribution in [3.8, 4) is 0 Å². The molecule has 2 heteroatoms. The van der Waals surface area contributed by atoms with E-state index in [0.29, 0.717) is 12.3 Å². The van der Waals surface area contributed by atoms with Gasteiger partial charge in [-0.2, -0.15) is 8.78 Å². The van der Waals surface area contributed by atoms with Crippen LogP contribution in [-0.2, 0) is 0 Å². The van der Waals surface area contributed by atoms with Gasteiger partial charge in [-0.15, -0.1) is 0 Å². The van der Waals surface area contributed by atoms with Crippen molar-refractivity contribution in [3.05, 3.63) is 12.2 Å². The van der Waals surface area contributed by atoms with Gasteiger partial charge in [-0.25, -0.2) is 0 Å². The summed E-state index contributed by atoms with van der Waals surface area (Å²) in [5.41, 5.74) is 0. The van der Waals surface area contributed by atoms with Crippen LogP contribution in [-0.4, -0.2) is 0 Å². The van der Waals surface area contributed by atoms with Gasteiger partial charge >= 0.3 is 0 Å². The zero-order valence-corrected chi connectivity index (χ0v) is 12.2. The van der Waals surface area contributed by atoms with Crippen LogP contribution in [0.25, 0.3) is 0 Å². The average molecular weight is 270 g/mol. The number of hydrogen-bond acceptors (Lipinski definition) is 0. The van der Waals surface area contributed by atoms with Crippen LogP contribution in [0.5, 0.6) is 0 Å². The molecule has 0 unspecified atom stereocenters. The van der Waals surface area contributed by atoms with Gasteiger partial charge in [0.15, 0.2) is 0 Å². The van der Waals surface area contributed by atoms with Gasteiger partial charge in [-0.05, 0) is 74.7 Å². The average Bonchev–Trinajstić information content (AvgIpc) is 2.46. The molecule has 0 aromatic heterocycles. The summed E-state index contributed by atoms with van der Waals surface area (Å²) in [7, 11) is 0. The fraction of sp³-hybridized carbons (Fsp3) is 0.882. The van der Waals surface area contributed by atoms with Crippen molar-refractivity contribution in [2.45, 2.75) is 71.1 Å². The Bertz CT molecular complexity index is 278. The number of hydrogen-bond donors (Lipinski definition) is 0. The molecule has 0 saturated heterocycles. The van der Waals surface area contributed by atoms with Crippen molar-refractivity contribution in [1.82, 2.24) is 0 Å². The summed E-state index contributed by atoms with van der Waals surface area (Å²) in [6, 6.07) is 0. The van der Waals surface area contributed by atoms with Gasteiger partial charge < -0.3 is 0 Å². The fourth-order valence-electron chi connectivity index (χ4n) is 4.22. The van der Waals surface area contributed by atoms with Gasteiger partial charge in [-0.3, -0.25) is 0 Å². The maximum atomic E-state index is 12.1. The van der Waals surface area contributed by atoms with Crippen LogP contribution in [0.4, 0.5) is 8.78 Å². The molecule has 0 atom stereocenters. The van der Waals surface area contributed by atoms with Gasteiger partial charge in [0.25, 0.3) is 6.08 Å². The second-order valence-electron chi connectivity index (χ2n) is 6.70. The minimum atomic E-state index is -1.50. The number of halogens is 2. The molecular weight excluding hydrogens is 242 g/mol. The molecule has 0 N–H and O–H groups in total. The van der Waals surface area contributed by atoms with E-state index in [2.05, 4.69) is 6.92 Å². The molecule has 0 amide bonds. The molecule has 0 nitrogen and oxygen atoms in total. The zero-order valence-electron chi connectivity index (χ0n) is 12.2. The molecule has 0 aromatic carbocycles. The zero-order chi connectivity index (χ0) is 13.7. The Labute approximate surface area is 116 Å². The highest BCUT2D eigenvalue weighted by Crippen LogP contribution is 2.42. The quantitative estimate of drug-likeness (QED) is 0.572. The Morgan fingerprint density at radius 3 is 1.74 bits per heavy atom. The second kappa shape index (κ2) is 7.40. The highest BCUT2D eigenvalue weighted by atomic mass is 19.3. The Morgan fingerprint density at radius 2 is 1.32 bits per heavy atom. The van der Waals surface area contributed by atoms with Gasteiger partial charge in [0, 0.05) is 0 Å². The number of rotatable bonds is 4. The van der Waals surface area contributed by atoms with E-state index >= 15 is 0 Å². The molecule has 0 aliphatic heterocycles. The summed E-state index contributed by atoms with van der Waals surface area (Å²) in [5.74, 6) is 3.33. The lowest BCUT2D eigenvalue weighted by Crippen LogP contribution is -2.25. The fourth-order valence-corrected chi connectivity index (χ4v) is 4.22. The Morgan fingerprint density at radius 1 is 0.842 bits per heavy atom. The molecule has 2 aliphatic rings. The first kappa shape index (κ1) is 15.0. The predicted molar refractivity (Wildman–Crippen MR) is 76.1 cm³/mol. The molecule has 2 saturated carbocycles. The maximum Gasteiger partial charge on any atom is 0.266 e. The molecule has 2 aliphatic carbocycles. The lowest BCUT2D eigenvalue weighted by molar-refractivity contribution is 0.145.